The van der Waals surface area contributed by atoms with Crippen molar-refractivity contribution in [3.8, 4) is 0 Å². The minimum atomic E-state index is -3.90. The van der Waals surface area contributed by atoms with Crippen molar-refractivity contribution in [1.29, 1.82) is 0 Å². The molecule has 0 aromatic carbocycles. The van der Waals surface area contributed by atoms with Gasteiger partial charge in [0.25, 0.3) is 10.2 Å². The zero-order valence-corrected chi connectivity index (χ0v) is 8.36. The molecule has 1 rings (SSSR count). The van der Waals surface area contributed by atoms with E-state index < -0.39 is 10.2 Å². The summed E-state index contributed by atoms with van der Waals surface area (Å²) in [5.41, 5.74) is 0. The topological polar surface area (TPSA) is 98.0 Å². The highest BCUT2D eigenvalue weighted by molar-refractivity contribution is 7.90. The van der Waals surface area contributed by atoms with Crippen molar-refractivity contribution in [2.75, 3.05) is 4.72 Å². The van der Waals surface area contributed by atoms with E-state index in [4.69, 9.17) is 23.2 Å². The molecule has 3 N–H and O–H groups in total. The van der Waals surface area contributed by atoms with Crippen LogP contribution in [0.3, 0.4) is 0 Å². The van der Waals surface area contributed by atoms with Crippen molar-refractivity contribution in [2.24, 2.45) is 5.14 Å². The summed E-state index contributed by atoms with van der Waals surface area (Å²) in [6, 6.07) is 0. The van der Waals surface area contributed by atoms with Gasteiger partial charge in [-0.1, -0.05) is 23.2 Å². The molecule has 0 amide bonds. The first kappa shape index (κ1) is 10.5. The minimum Gasteiger partial charge on any atom is -0.253 e. The lowest BCUT2D eigenvalue weighted by Gasteiger charge is -2.03. The van der Waals surface area contributed by atoms with Crippen LogP contribution in [0.4, 0.5) is 5.82 Å². The van der Waals surface area contributed by atoms with E-state index in [1.165, 1.54) is 0 Å². The molecule has 0 spiro atoms. The molecule has 0 radical (unpaired) electrons. The number of halogens is 2. The van der Waals surface area contributed by atoms with E-state index in [0.717, 1.165) is 6.33 Å². The van der Waals surface area contributed by atoms with Crippen LogP contribution in [-0.4, -0.2) is 18.4 Å². The second-order valence-corrected chi connectivity index (χ2v) is 4.00. The van der Waals surface area contributed by atoms with Gasteiger partial charge in [0, 0.05) is 0 Å². The third-order valence-electron chi connectivity index (χ3n) is 0.986. The van der Waals surface area contributed by atoms with Crippen LogP contribution in [0.1, 0.15) is 0 Å². The van der Waals surface area contributed by atoms with E-state index in [1.807, 2.05) is 4.72 Å². The predicted molar refractivity (Wildman–Crippen MR) is 48.8 cm³/mol. The van der Waals surface area contributed by atoms with E-state index in [1.54, 1.807) is 0 Å². The largest absolute Gasteiger partial charge is 0.297 e. The highest BCUT2D eigenvalue weighted by Gasteiger charge is 2.10. The van der Waals surface area contributed by atoms with Crippen LogP contribution in [0.5, 0.6) is 0 Å². The standard InChI is InChI=1S/C4H4Cl2N4O2S/c5-2-3(6)8-1-9-4(2)10-13(7,11)12/h1H,(H2,7,11,12)(H,8,9,10). The van der Waals surface area contributed by atoms with Crippen molar-refractivity contribution in [1.82, 2.24) is 9.97 Å². The Morgan fingerprint density at radius 2 is 2.00 bits per heavy atom. The molecule has 1 aromatic heterocycles. The number of anilines is 1. The molecular formula is C4H4Cl2N4O2S. The van der Waals surface area contributed by atoms with Crippen LogP contribution in [0.15, 0.2) is 6.33 Å². The van der Waals surface area contributed by atoms with Gasteiger partial charge in [-0.2, -0.15) is 8.42 Å². The summed E-state index contributed by atoms with van der Waals surface area (Å²) in [7, 11) is -3.90. The van der Waals surface area contributed by atoms with Gasteiger partial charge in [-0.05, 0) is 0 Å². The normalized spacial score (nSPS) is 11.3. The Labute approximate surface area is 84.3 Å². The average Bonchev–Trinajstić information content (AvgIpc) is 1.96. The molecule has 0 fully saturated rings. The van der Waals surface area contributed by atoms with Crippen LogP contribution in [0.25, 0.3) is 0 Å². The highest BCUT2D eigenvalue weighted by Crippen LogP contribution is 2.25. The van der Waals surface area contributed by atoms with Crippen molar-refractivity contribution < 1.29 is 8.42 Å². The van der Waals surface area contributed by atoms with E-state index in [2.05, 4.69) is 15.1 Å². The molecule has 0 saturated heterocycles. The maximum Gasteiger partial charge on any atom is 0.297 e. The highest BCUT2D eigenvalue weighted by atomic mass is 35.5. The third-order valence-corrected chi connectivity index (χ3v) is 2.21. The summed E-state index contributed by atoms with van der Waals surface area (Å²) in [6.45, 7) is 0. The molecular weight excluding hydrogens is 239 g/mol. The molecule has 9 heteroatoms. The molecule has 13 heavy (non-hydrogen) atoms. The lowest BCUT2D eigenvalue weighted by atomic mass is 10.6. The number of nitrogens with two attached hydrogens (primary N) is 1. The van der Waals surface area contributed by atoms with Gasteiger partial charge < -0.3 is 0 Å². The van der Waals surface area contributed by atoms with Crippen molar-refractivity contribution in [3.05, 3.63) is 16.5 Å². The van der Waals surface area contributed by atoms with Crippen LogP contribution >= 0.6 is 23.2 Å². The number of hydrogen-bond acceptors (Lipinski definition) is 4. The molecule has 72 valence electrons. The molecule has 0 aliphatic heterocycles. The Kier molecular flexibility index (Phi) is 2.91. The monoisotopic (exact) mass is 242 g/mol. The fourth-order valence-electron chi connectivity index (χ4n) is 0.554. The number of hydrogen-bond donors (Lipinski definition) is 2. The molecule has 0 aliphatic carbocycles. The van der Waals surface area contributed by atoms with Crippen LogP contribution < -0.4 is 9.86 Å². The van der Waals surface area contributed by atoms with Gasteiger partial charge in [0.1, 0.15) is 11.3 Å². The maximum absolute atomic E-state index is 10.6. The number of aromatic nitrogens is 2. The maximum atomic E-state index is 10.6. The van der Waals surface area contributed by atoms with Gasteiger partial charge >= 0.3 is 0 Å². The van der Waals surface area contributed by atoms with Crippen molar-refractivity contribution >= 4 is 39.2 Å². The summed E-state index contributed by atoms with van der Waals surface area (Å²) >= 11 is 11.0. The summed E-state index contributed by atoms with van der Waals surface area (Å²) in [5, 5.41) is 4.53. The molecule has 1 aromatic rings. The first-order valence-electron chi connectivity index (χ1n) is 2.86. The summed E-state index contributed by atoms with van der Waals surface area (Å²) in [4.78, 5) is 7.04. The summed E-state index contributed by atoms with van der Waals surface area (Å²) < 4.78 is 23.0. The van der Waals surface area contributed by atoms with Gasteiger partial charge in [-0.15, -0.1) is 0 Å². The molecule has 0 atom stereocenters. The van der Waals surface area contributed by atoms with Crippen LogP contribution in [0, 0.1) is 0 Å². The zero-order chi connectivity index (χ0) is 10.1. The van der Waals surface area contributed by atoms with Crippen LogP contribution in [-0.2, 0) is 10.2 Å². The van der Waals surface area contributed by atoms with Gasteiger partial charge in [-0.3, -0.25) is 4.72 Å². The lowest BCUT2D eigenvalue weighted by Crippen LogP contribution is -2.22. The first-order chi connectivity index (χ1) is 5.90. The molecule has 6 nitrogen and oxygen atoms in total. The fourth-order valence-corrected chi connectivity index (χ4v) is 1.31. The lowest BCUT2D eigenvalue weighted by molar-refractivity contribution is 0.602. The molecule has 0 aliphatic rings. The smallest absolute Gasteiger partial charge is 0.253 e. The molecule has 0 saturated carbocycles. The molecule has 0 unspecified atom stereocenters. The second kappa shape index (κ2) is 3.62. The van der Waals surface area contributed by atoms with E-state index in [-0.39, 0.29) is 16.0 Å². The zero-order valence-electron chi connectivity index (χ0n) is 6.03. The number of rotatable bonds is 2. The van der Waals surface area contributed by atoms with Crippen molar-refractivity contribution in [3.63, 3.8) is 0 Å². The first-order valence-corrected chi connectivity index (χ1v) is 5.17. The average molecular weight is 243 g/mol. The summed E-state index contributed by atoms with van der Waals surface area (Å²) in [5.74, 6) is -0.149. The summed E-state index contributed by atoms with van der Waals surface area (Å²) in [6.07, 6.45) is 1.06. The molecule has 1 heterocycles. The number of nitrogens with one attached hydrogen (secondary N) is 1. The Balaban J connectivity index is 3.10. The molecule has 0 bridgehead atoms. The minimum absolute atomic E-state index is 0.0529. The van der Waals surface area contributed by atoms with Gasteiger partial charge in [0.2, 0.25) is 0 Å². The van der Waals surface area contributed by atoms with Gasteiger partial charge in [0.05, 0.1) is 0 Å². The van der Waals surface area contributed by atoms with Crippen LogP contribution in [0.2, 0.25) is 10.2 Å². The van der Waals surface area contributed by atoms with Gasteiger partial charge in [-0.25, -0.2) is 15.1 Å². The third kappa shape index (κ3) is 2.96. The quantitative estimate of drug-likeness (QED) is 0.734. The predicted octanol–water partition coefficient (Wildman–Crippen LogP) is 0.399. The fraction of sp³-hybridized carbons (Fsp3) is 0. The second-order valence-electron chi connectivity index (χ2n) is 1.97. The Morgan fingerprint density at radius 3 is 2.54 bits per heavy atom. The van der Waals surface area contributed by atoms with E-state index in [9.17, 15) is 8.42 Å². The van der Waals surface area contributed by atoms with Gasteiger partial charge in [0.15, 0.2) is 11.0 Å². The Morgan fingerprint density at radius 1 is 1.38 bits per heavy atom. The Hall–Kier alpha value is -0.630. The number of nitrogens with zero attached hydrogens (tertiary/aromatic N) is 2. The van der Waals surface area contributed by atoms with Crippen molar-refractivity contribution in [2.45, 2.75) is 0 Å². The SMILES string of the molecule is NS(=O)(=O)Nc1ncnc(Cl)c1Cl. The van der Waals surface area contributed by atoms with E-state index in [0.29, 0.717) is 0 Å². The Bertz CT molecular complexity index is 420. The van der Waals surface area contributed by atoms with E-state index >= 15 is 0 Å².